The number of nitriles is 1. The summed E-state index contributed by atoms with van der Waals surface area (Å²) in [4.78, 5) is 11.7. The van der Waals surface area contributed by atoms with Gasteiger partial charge >= 0.3 is 5.97 Å². The molecule has 0 unspecified atom stereocenters. The van der Waals surface area contributed by atoms with Crippen molar-refractivity contribution in [2.24, 2.45) is 5.41 Å². The summed E-state index contributed by atoms with van der Waals surface area (Å²) < 4.78 is 6.69. The van der Waals surface area contributed by atoms with Gasteiger partial charge in [0.05, 0.1) is 35.2 Å². The summed E-state index contributed by atoms with van der Waals surface area (Å²) in [5, 5.41) is 13.1. The number of aromatic nitrogens is 2. The topological polar surface area (TPSA) is 93.9 Å². The summed E-state index contributed by atoms with van der Waals surface area (Å²) in [6.45, 7) is 7.73. The number of esters is 1. The standard InChI is InChI=1S/C14H22N4O2/c1-10-13(16)11(2)18(17-10)8-12(19)20-7-5-6-14(3,4)9-15/h5-8,16H2,1-4H3. The molecule has 0 radical (unpaired) electrons. The Balaban J connectivity index is 2.38. The Morgan fingerprint density at radius 2 is 2.15 bits per heavy atom. The van der Waals surface area contributed by atoms with Crippen molar-refractivity contribution in [2.45, 2.75) is 47.1 Å². The number of nitrogen functional groups attached to an aromatic ring is 1. The number of ether oxygens (including phenoxy) is 1. The van der Waals surface area contributed by atoms with Crippen molar-refractivity contribution in [1.29, 1.82) is 5.26 Å². The highest BCUT2D eigenvalue weighted by molar-refractivity contribution is 5.69. The first-order valence-electron chi connectivity index (χ1n) is 6.63. The number of anilines is 1. The maximum atomic E-state index is 11.7. The molecule has 0 bridgehead atoms. The van der Waals surface area contributed by atoms with Gasteiger partial charge in [-0.3, -0.25) is 9.48 Å². The lowest BCUT2D eigenvalue weighted by atomic mass is 9.90. The number of hydrogen-bond donors (Lipinski definition) is 1. The summed E-state index contributed by atoms with van der Waals surface area (Å²) in [6, 6.07) is 2.22. The van der Waals surface area contributed by atoms with Crippen molar-refractivity contribution < 1.29 is 9.53 Å². The fraction of sp³-hybridized carbons (Fsp3) is 0.643. The Hall–Kier alpha value is -2.03. The number of rotatable bonds is 6. The highest BCUT2D eigenvalue weighted by atomic mass is 16.5. The third kappa shape index (κ3) is 4.26. The van der Waals surface area contributed by atoms with E-state index in [1.54, 1.807) is 11.6 Å². The summed E-state index contributed by atoms with van der Waals surface area (Å²) >= 11 is 0. The minimum atomic E-state index is -0.378. The molecule has 0 aliphatic carbocycles. The van der Waals surface area contributed by atoms with Crippen molar-refractivity contribution in [3.05, 3.63) is 11.4 Å². The van der Waals surface area contributed by atoms with Gasteiger partial charge in [0, 0.05) is 0 Å². The van der Waals surface area contributed by atoms with Gasteiger partial charge in [-0.05, 0) is 40.5 Å². The molecule has 0 aromatic carbocycles. The van der Waals surface area contributed by atoms with Crippen LogP contribution < -0.4 is 5.73 Å². The van der Waals surface area contributed by atoms with Gasteiger partial charge in [-0.2, -0.15) is 10.4 Å². The second-order valence-corrected chi connectivity index (χ2v) is 5.56. The molecule has 1 heterocycles. The Morgan fingerprint density at radius 3 is 2.65 bits per heavy atom. The van der Waals surface area contributed by atoms with Crippen LogP contribution in [0.2, 0.25) is 0 Å². The molecule has 0 saturated carbocycles. The van der Waals surface area contributed by atoms with Crippen LogP contribution in [0.15, 0.2) is 0 Å². The van der Waals surface area contributed by atoms with Crippen molar-refractivity contribution in [3.8, 4) is 6.07 Å². The van der Waals surface area contributed by atoms with Crippen LogP contribution in [0.1, 0.15) is 38.1 Å². The van der Waals surface area contributed by atoms with Crippen LogP contribution in [0.25, 0.3) is 0 Å². The van der Waals surface area contributed by atoms with E-state index in [0.29, 0.717) is 30.8 Å². The number of carbonyl (C=O) groups excluding carboxylic acids is 1. The van der Waals surface area contributed by atoms with Crippen LogP contribution in [0.3, 0.4) is 0 Å². The van der Waals surface area contributed by atoms with Gasteiger partial charge in [0.1, 0.15) is 6.54 Å². The molecule has 0 aliphatic heterocycles. The molecule has 2 N–H and O–H groups in total. The molecule has 110 valence electrons. The van der Waals surface area contributed by atoms with Gasteiger partial charge in [0.2, 0.25) is 0 Å². The second kappa shape index (κ2) is 6.42. The fourth-order valence-corrected chi connectivity index (χ4v) is 1.79. The first kappa shape index (κ1) is 16.0. The van der Waals surface area contributed by atoms with Gasteiger partial charge in [0.15, 0.2) is 0 Å². The average Bonchev–Trinajstić information content (AvgIpc) is 2.62. The molecule has 20 heavy (non-hydrogen) atoms. The predicted molar refractivity (Wildman–Crippen MR) is 75.7 cm³/mol. The van der Waals surface area contributed by atoms with Gasteiger partial charge in [0.25, 0.3) is 0 Å². The minimum Gasteiger partial charge on any atom is -0.464 e. The summed E-state index contributed by atoms with van der Waals surface area (Å²) in [5.74, 6) is -0.342. The van der Waals surface area contributed by atoms with Crippen molar-refractivity contribution in [3.63, 3.8) is 0 Å². The monoisotopic (exact) mass is 278 g/mol. The van der Waals surface area contributed by atoms with Crippen molar-refractivity contribution >= 4 is 11.7 Å². The Labute approximate surface area is 119 Å². The SMILES string of the molecule is Cc1nn(CC(=O)OCCCC(C)(C)C#N)c(C)c1N. The predicted octanol–water partition coefficient (Wildman–Crippen LogP) is 1.96. The Kier molecular flexibility index (Phi) is 5.14. The van der Waals surface area contributed by atoms with E-state index in [1.807, 2.05) is 20.8 Å². The molecule has 1 rings (SSSR count). The van der Waals surface area contributed by atoms with Crippen molar-refractivity contribution in [1.82, 2.24) is 9.78 Å². The maximum Gasteiger partial charge on any atom is 0.327 e. The highest BCUT2D eigenvalue weighted by Crippen LogP contribution is 2.20. The Morgan fingerprint density at radius 1 is 1.50 bits per heavy atom. The highest BCUT2D eigenvalue weighted by Gasteiger charge is 2.16. The van der Waals surface area contributed by atoms with E-state index in [4.69, 9.17) is 15.7 Å². The third-order valence-electron chi connectivity index (χ3n) is 3.23. The van der Waals surface area contributed by atoms with E-state index in [1.165, 1.54) is 0 Å². The molecule has 0 amide bonds. The molecule has 0 saturated heterocycles. The summed E-state index contributed by atoms with van der Waals surface area (Å²) in [6.07, 6.45) is 1.37. The van der Waals surface area contributed by atoms with Crippen LogP contribution in [0.4, 0.5) is 5.69 Å². The zero-order valence-corrected chi connectivity index (χ0v) is 12.6. The van der Waals surface area contributed by atoms with E-state index < -0.39 is 0 Å². The lowest BCUT2D eigenvalue weighted by Gasteiger charge is -2.14. The van der Waals surface area contributed by atoms with Crippen LogP contribution in [-0.4, -0.2) is 22.4 Å². The third-order valence-corrected chi connectivity index (χ3v) is 3.23. The molecular weight excluding hydrogens is 256 g/mol. The fourth-order valence-electron chi connectivity index (χ4n) is 1.79. The summed E-state index contributed by atoms with van der Waals surface area (Å²) in [5.41, 5.74) is 7.51. The molecule has 6 heteroatoms. The van der Waals surface area contributed by atoms with E-state index in [-0.39, 0.29) is 17.9 Å². The number of aryl methyl sites for hydroxylation is 1. The van der Waals surface area contributed by atoms with Crippen LogP contribution in [0.5, 0.6) is 0 Å². The molecule has 6 nitrogen and oxygen atoms in total. The molecular formula is C14H22N4O2. The van der Waals surface area contributed by atoms with Gasteiger partial charge < -0.3 is 10.5 Å². The zero-order valence-electron chi connectivity index (χ0n) is 12.6. The number of hydrogen-bond acceptors (Lipinski definition) is 5. The molecule has 0 aliphatic rings. The lowest BCUT2D eigenvalue weighted by Crippen LogP contribution is -2.17. The minimum absolute atomic E-state index is 0.0610. The van der Waals surface area contributed by atoms with Gasteiger partial charge in [-0.1, -0.05) is 0 Å². The average molecular weight is 278 g/mol. The molecule has 0 spiro atoms. The number of nitrogens with two attached hydrogens (primary N) is 1. The second-order valence-electron chi connectivity index (χ2n) is 5.56. The van der Waals surface area contributed by atoms with Gasteiger partial charge in [-0.15, -0.1) is 0 Å². The smallest absolute Gasteiger partial charge is 0.327 e. The van der Waals surface area contributed by atoms with Gasteiger partial charge in [-0.25, -0.2) is 0 Å². The number of carbonyl (C=O) groups is 1. The molecule has 1 aromatic rings. The molecule has 1 aromatic heterocycles. The molecule has 0 fully saturated rings. The van der Waals surface area contributed by atoms with E-state index in [2.05, 4.69) is 11.2 Å². The van der Waals surface area contributed by atoms with E-state index >= 15 is 0 Å². The normalized spacial score (nSPS) is 11.2. The van der Waals surface area contributed by atoms with Crippen LogP contribution in [-0.2, 0) is 16.1 Å². The quantitative estimate of drug-likeness (QED) is 0.634. The van der Waals surface area contributed by atoms with Crippen molar-refractivity contribution in [2.75, 3.05) is 12.3 Å². The van der Waals surface area contributed by atoms with Crippen LogP contribution >= 0.6 is 0 Å². The maximum absolute atomic E-state index is 11.7. The van der Waals surface area contributed by atoms with Crippen LogP contribution in [0, 0.1) is 30.6 Å². The molecule has 0 atom stereocenters. The lowest BCUT2D eigenvalue weighted by molar-refractivity contribution is -0.144. The number of nitrogens with zero attached hydrogens (tertiary/aromatic N) is 3. The zero-order chi connectivity index (χ0) is 15.3. The Bertz CT molecular complexity index is 526. The largest absolute Gasteiger partial charge is 0.464 e. The summed E-state index contributed by atoms with van der Waals surface area (Å²) in [7, 11) is 0. The first-order chi connectivity index (χ1) is 9.26. The van der Waals surface area contributed by atoms with E-state index in [0.717, 1.165) is 5.69 Å². The first-order valence-corrected chi connectivity index (χ1v) is 6.63. The van der Waals surface area contributed by atoms with E-state index in [9.17, 15) is 4.79 Å².